The summed E-state index contributed by atoms with van der Waals surface area (Å²) >= 11 is 0.844. The van der Waals surface area contributed by atoms with Gasteiger partial charge < -0.3 is 16.2 Å². The zero-order valence-electron chi connectivity index (χ0n) is 10.9. The molecular formula is C13H16N2O4S. The third-order valence-corrected chi connectivity index (χ3v) is 3.42. The summed E-state index contributed by atoms with van der Waals surface area (Å²) in [5, 5.41) is 11.0. The number of amides is 1. The maximum absolute atomic E-state index is 11.8. The standard InChI is InChI=1S/C13H16N2O4S/c1-8(14)11(16)15-10(12(17)18)7-20-13(19)9-5-3-2-4-6-9/h2-6,8,10H,7,14H2,1H3,(H,15,16)(H,17,18)/t8-,10-/m0/s1. The normalized spacial score (nSPS) is 13.3. The summed E-state index contributed by atoms with van der Waals surface area (Å²) in [7, 11) is 0. The van der Waals surface area contributed by atoms with Crippen molar-refractivity contribution in [2.24, 2.45) is 5.73 Å². The second-order valence-corrected chi connectivity index (χ2v) is 5.15. The van der Waals surface area contributed by atoms with Crippen molar-refractivity contribution in [3.8, 4) is 0 Å². The fraction of sp³-hybridized carbons (Fsp3) is 0.308. The first kappa shape index (κ1) is 16.2. The van der Waals surface area contributed by atoms with Crippen LogP contribution < -0.4 is 11.1 Å². The highest BCUT2D eigenvalue weighted by atomic mass is 32.2. The van der Waals surface area contributed by atoms with Crippen LogP contribution in [-0.4, -0.2) is 39.9 Å². The van der Waals surface area contributed by atoms with E-state index in [1.54, 1.807) is 30.3 Å². The predicted octanol–water partition coefficient (Wildman–Crippen LogP) is 0.477. The average Bonchev–Trinajstić information content (AvgIpc) is 2.43. The zero-order valence-corrected chi connectivity index (χ0v) is 11.7. The van der Waals surface area contributed by atoms with Gasteiger partial charge in [0.2, 0.25) is 11.0 Å². The summed E-state index contributed by atoms with van der Waals surface area (Å²) in [5.74, 6) is -1.82. The molecule has 0 radical (unpaired) electrons. The summed E-state index contributed by atoms with van der Waals surface area (Å²) < 4.78 is 0. The molecule has 0 spiro atoms. The van der Waals surface area contributed by atoms with E-state index in [0.717, 1.165) is 11.8 Å². The number of hydrogen-bond acceptors (Lipinski definition) is 5. The van der Waals surface area contributed by atoms with Crippen LogP contribution in [0.25, 0.3) is 0 Å². The summed E-state index contributed by atoms with van der Waals surface area (Å²) in [5.41, 5.74) is 5.84. The minimum absolute atomic E-state index is 0.0540. The summed E-state index contributed by atoms with van der Waals surface area (Å²) in [6, 6.07) is 6.57. The highest BCUT2D eigenvalue weighted by Gasteiger charge is 2.23. The summed E-state index contributed by atoms with van der Waals surface area (Å²) in [6.45, 7) is 1.45. The van der Waals surface area contributed by atoms with Crippen molar-refractivity contribution in [1.29, 1.82) is 0 Å². The van der Waals surface area contributed by atoms with Crippen LogP contribution in [0.4, 0.5) is 0 Å². The van der Waals surface area contributed by atoms with Gasteiger partial charge in [-0.2, -0.15) is 0 Å². The van der Waals surface area contributed by atoms with Crippen molar-refractivity contribution in [2.45, 2.75) is 19.0 Å². The Morgan fingerprint density at radius 3 is 2.40 bits per heavy atom. The molecule has 0 aliphatic heterocycles. The van der Waals surface area contributed by atoms with Crippen LogP contribution in [0.1, 0.15) is 17.3 Å². The lowest BCUT2D eigenvalue weighted by Gasteiger charge is -2.15. The van der Waals surface area contributed by atoms with E-state index in [4.69, 9.17) is 10.8 Å². The number of benzene rings is 1. The highest BCUT2D eigenvalue weighted by molar-refractivity contribution is 8.14. The van der Waals surface area contributed by atoms with Crippen LogP contribution in [0.15, 0.2) is 30.3 Å². The fourth-order valence-electron chi connectivity index (χ4n) is 1.29. The lowest BCUT2D eigenvalue weighted by molar-refractivity contribution is -0.141. The van der Waals surface area contributed by atoms with Crippen molar-refractivity contribution < 1.29 is 19.5 Å². The number of rotatable bonds is 6. The van der Waals surface area contributed by atoms with Gasteiger partial charge in [-0.1, -0.05) is 42.1 Å². The van der Waals surface area contributed by atoms with Gasteiger partial charge in [0.25, 0.3) is 0 Å². The van der Waals surface area contributed by atoms with Gasteiger partial charge in [-0.3, -0.25) is 9.59 Å². The van der Waals surface area contributed by atoms with Crippen molar-refractivity contribution in [3.05, 3.63) is 35.9 Å². The highest BCUT2D eigenvalue weighted by Crippen LogP contribution is 2.13. The Morgan fingerprint density at radius 2 is 1.90 bits per heavy atom. The second-order valence-electron chi connectivity index (χ2n) is 4.15. The smallest absolute Gasteiger partial charge is 0.327 e. The maximum Gasteiger partial charge on any atom is 0.327 e. The minimum atomic E-state index is -1.20. The van der Waals surface area contributed by atoms with E-state index in [9.17, 15) is 14.4 Å². The van der Waals surface area contributed by atoms with E-state index in [1.807, 2.05) is 0 Å². The molecule has 0 aromatic heterocycles. The Labute approximate surface area is 120 Å². The number of carbonyl (C=O) groups excluding carboxylic acids is 2. The quantitative estimate of drug-likeness (QED) is 0.704. The third kappa shape index (κ3) is 5.02. The van der Waals surface area contributed by atoms with Gasteiger partial charge in [-0.25, -0.2) is 4.79 Å². The van der Waals surface area contributed by atoms with Gasteiger partial charge in [0.1, 0.15) is 6.04 Å². The largest absolute Gasteiger partial charge is 0.480 e. The number of aliphatic carboxylic acids is 1. The SMILES string of the molecule is C[C@H](N)C(=O)N[C@@H](CSC(=O)c1ccccc1)C(=O)O. The Kier molecular flexibility index (Phi) is 6.20. The molecule has 20 heavy (non-hydrogen) atoms. The van der Waals surface area contributed by atoms with Crippen LogP contribution in [0.2, 0.25) is 0 Å². The molecular weight excluding hydrogens is 280 g/mol. The van der Waals surface area contributed by atoms with Gasteiger partial charge in [-0.15, -0.1) is 0 Å². The van der Waals surface area contributed by atoms with E-state index in [0.29, 0.717) is 5.56 Å². The molecule has 0 unspecified atom stereocenters. The zero-order chi connectivity index (χ0) is 15.1. The molecule has 0 aliphatic rings. The molecule has 1 amide bonds. The number of carboxylic acids is 1. The van der Waals surface area contributed by atoms with E-state index in [-0.39, 0.29) is 10.9 Å². The molecule has 0 saturated heterocycles. The molecule has 6 nitrogen and oxygen atoms in total. The molecule has 4 N–H and O–H groups in total. The number of nitrogens with two attached hydrogens (primary N) is 1. The van der Waals surface area contributed by atoms with Gasteiger partial charge >= 0.3 is 5.97 Å². The fourth-order valence-corrected chi connectivity index (χ4v) is 2.14. The lowest BCUT2D eigenvalue weighted by atomic mass is 10.2. The van der Waals surface area contributed by atoms with E-state index >= 15 is 0 Å². The predicted molar refractivity (Wildman–Crippen MR) is 76.4 cm³/mol. The summed E-state index contributed by atoms with van der Waals surface area (Å²) in [6.07, 6.45) is 0. The van der Waals surface area contributed by atoms with Gasteiger partial charge in [0.15, 0.2) is 0 Å². The first-order valence-electron chi connectivity index (χ1n) is 5.92. The Bertz CT molecular complexity index is 490. The molecule has 0 aliphatic carbocycles. The van der Waals surface area contributed by atoms with Crippen molar-refractivity contribution in [2.75, 3.05) is 5.75 Å². The maximum atomic E-state index is 11.8. The average molecular weight is 296 g/mol. The Hall–Kier alpha value is -1.86. The molecule has 1 aromatic rings. The molecule has 2 atom stereocenters. The van der Waals surface area contributed by atoms with Crippen molar-refractivity contribution in [1.82, 2.24) is 5.32 Å². The number of thioether (sulfide) groups is 1. The van der Waals surface area contributed by atoms with Crippen LogP contribution in [0.3, 0.4) is 0 Å². The lowest BCUT2D eigenvalue weighted by Crippen LogP contribution is -2.48. The van der Waals surface area contributed by atoms with Crippen molar-refractivity contribution in [3.63, 3.8) is 0 Å². The second kappa shape index (κ2) is 7.66. The first-order chi connectivity index (χ1) is 9.41. The molecule has 108 valence electrons. The Balaban J connectivity index is 2.57. The van der Waals surface area contributed by atoms with Gasteiger partial charge in [0, 0.05) is 11.3 Å². The number of carboxylic acid groups (broad SMARTS) is 1. The monoisotopic (exact) mass is 296 g/mol. The first-order valence-corrected chi connectivity index (χ1v) is 6.91. The summed E-state index contributed by atoms with van der Waals surface area (Å²) in [4.78, 5) is 34.2. The molecule has 0 bridgehead atoms. The third-order valence-electron chi connectivity index (χ3n) is 2.42. The number of nitrogens with one attached hydrogen (secondary N) is 1. The van der Waals surface area contributed by atoms with E-state index in [1.165, 1.54) is 6.92 Å². The van der Waals surface area contributed by atoms with Crippen molar-refractivity contribution >= 4 is 28.8 Å². The van der Waals surface area contributed by atoms with Crippen LogP contribution in [0, 0.1) is 0 Å². The molecule has 1 aromatic carbocycles. The number of hydrogen-bond donors (Lipinski definition) is 3. The van der Waals surface area contributed by atoms with Gasteiger partial charge in [-0.05, 0) is 6.92 Å². The van der Waals surface area contributed by atoms with Gasteiger partial charge in [0.05, 0.1) is 6.04 Å². The molecule has 0 saturated carbocycles. The number of carbonyl (C=O) groups is 3. The Morgan fingerprint density at radius 1 is 1.30 bits per heavy atom. The van der Waals surface area contributed by atoms with Crippen LogP contribution in [-0.2, 0) is 9.59 Å². The topological polar surface area (TPSA) is 109 Å². The molecule has 7 heteroatoms. The minimum Gasteiger partial charge on any atom is -0.480 e. The molecule has 0 heterocycles. The van der Waals surface area contributed by atoms with E-state index < -0.39 is 24.0 Å². The van der Waals surface area contributed by atoms with Crippen LogP contribution in [0.5, 0.6) is 0 Å². The molecule has 0 fully saturated rings. The molecule has 1 rings (SSSR count). The van der Waals surface area contributed by atoms with Crippen LogP contribution >= 0.6 is 11.8 Å². The van der Waals surface area contributed by atoms with E-state index in [2.05, 4.69) is 5.32 Å².